The van der Waals surface area contributed by atoms with Crippen molar-refractivity contribution in [3.05, 3.63) is 150 Å². The molecule has 0 radical (unpaired) electrons. The second-order valence-electron chi connectivity index (χ2n) is 12.1. The number of rotatable bonds is 2. The van der Waals surface area contributed by atoms with Crippen LogP contribution in [-0.4, -0.2) is 4.57 Å². The van der Waals surface area contributed by atoms with Gasteiger partial charge in [-0.05, 0) is 50.8 Å². The Morgan fingerprint density at radius 2 is 1.20 bits per heavy atom. The van der Waals surface area contributed by atoms with Crippen LogP contribution in [0.5, 0.6) is 0 Å². The highest BCUT2D eigenvalue weighted by Crippen LogP contribution is 2.52. The summed E-state index contributed by atoms with van der Waals surface area (Å²) in [7, 11) is 0. The minimum Gasteiger partial charge on any atom is -0.308 e. The standard InChI is InChI=1S/C39H31N/c1-39(2,3)33-23-24-35(27-16-8-7-15-26(27)33)40-34-20-12-11-17-28(34)31-21-22-32-36(25-13-5-4-6-14-25)29-18-9-10-19-30(29)37(32)38(31)40/h4-24,36H,1-3H3. The lowest BCUT2D eigenvalue weighted by molar-refractivity contribution is 0.596. The lowest BCUT2D eigenvalue weighted by Crippen LogP contribution is -2.12. The molecule has 0 saturated heterocycles. The summed E-state index contributed by atoms with van der Waals surface area (Å²) in [5, 5.41) is 5.22. The largest absolute Gasteiger partial charge is 0.308 e. The fourth-order valence-electron chi connectivity index (χ4n) is 7.13. The van der Waals surface area contributed by atoms with Crippen molar-refractivity contribution >= 4 is 32.6 Å². The number of benzene rings is 6. The van der Waals surface area contributed by atoms with Crippen LogP contribution in [0.1, 0.15) is 48.9 Å². The number of hydrogen-bond acceptors (Lipinski definition) is 0. The predicted molar refractivity (Wildman–Crippen MR) is 170 cm³/mol. The molecule has 0 spiro atoms. The number of fused-ring (bicyclic) bond motifs is 8. The van der Waals surface area contributed by atoms with E-state index in [-0.39, 0.29) is 11.3 Å². The van der Waals surface area contributed by atoms with Gasteiger partial charge in [0.25, 0.3) is 0 Å². The van der Waals surface area contributed by atoms with Gasteiger partial charge < -0.3 is 4.57 Å². The Morgan fingerprint density at radius 1 is 0.525 bits per heavy atom. The second kappa shape index (κ2) is 8.44. The Bertz CT molecular complexity index is 2090. The van der Waals surface area contributed by atoms with Crippen LogP contribution in [-0.2, 0) is 5.41 Å². The van der Waals surface area contributed by atoms with Crippen LogP contribution in [0.4, 0.5) is 0 Å². The van der Waals surface area contributed by atoms with Gasteiger partial charge in [-0.15, -0.1) is 0 Å². The summed E-state index contributed by atoms with van der Waals surface area (Å²) < 4.78 is 2.54. The second-order valence-corrected chi connectivity index (χ2v) is 12.1. The summed E-state index contributed by atoms with van der Waals surface area (Å²) in [6.45, 7) is 6.92. The van der Waals surface area contributed by atoms with E-state index in [1.54, 1.807) is 0 Å². The third kappa shape index (κ3) is 3.21. The number of nitrogens with zero attached hydrogens (tertiary/aromatic N) is 1. The molecule has 1 aromatic heterocycles. The van der Waals surface area contributed by atoms with Crippen molar-refractivity contribution in [3.63, 3.8) is 0 Å². The third-order valence-corrected chi connectivity index (χ3v) is 8.80. The Morgan fingerprint density at radius 3 is 2.00 bits per heavy atom. The van der Waals surface area contributed by atoms with Gasteiger partial charge in [0.05, 0.1) is 16.7 Å². The Balaban J connectivity index is 1.54. The fourth-order valence-corrected chi connectivity index (χ4v) is 7.13. The molecule has 6 aromatic carbocycles. The number of hydrogen-bond donors (Lipinski definition) is 0. The highest BCUT2D eigenvalue weighted by atomic mass is 15.0. The molecule has 1 nitrogen and oxygen atoms in total. The highest BCUT2D eigenvalue weighted by Gasteiger charge is 2.33. The molecule has 192 valence electrons. The Kier molecular flexibility index (Phi) is 4.91. The van der Waals surface area contributed by atoms with E-state index >= 15 is 0 Å². The van der Waals surface area contributed by atoms with Gasteiger partial charge in [-0.25, -0.2) is 0 Å². The molecule has 0 bridgehead atoms. The van der Waals surface area contributed by atoms with Gasteiger partial charge in [0.1, 0.15) is 0 Å². The Hall–Kier alpha value is -4.62. The van der Waals surface area contributed by atoms with Crippen molar-refractivity contribution in [2.24, 2.45) is 0 Å². The first-order valence-electron chi connectivity index (χ1n) is 14.3. The molecule has 1 aliphatic carbocycles. The minimum atomic E-state index is 0.0576. The molecule has 1 unspecified atom stereocenters. The smallest absolute Gasteiger partial charge is 0.0622 e. The van der Waals surface area contributed by atoms with E-state index < -0.39 is 0 Å². The lowest BCUT2D eigenvalue weighted by Gasteiger charge is -2.23. The van der Waals surface area contributed by atoms with Crippen molar-refractivity contribution in [1.29, 1.82) is 0 Å². The maximum Gasteiger partial charge on any atom is 0.0622 e. The zero-order valence-electron chi connectivity index (χ0n) is 23.1. The molecule has 7 aromatic rings. The minimum absolute atomic E-state index is 0.0576. The molecule has 40 heavy (non-hydrogen) atoms. The highest BCUT2D eigenvalue weighted by molar-refractivity contribution is 6.16. The van der Waals surface area contributed by atoms with Crippen molar-refractivity contribution in [3.8, 4) is 16.8 Å². The predicted octanol–water partition coefficient (Wildman–Crippen LogP) is 10.4. The summed E-state index contributed by atoms with van der Waals surface area (Å²) in [6.07, 6.45) is 0. The quantitative estimate of drug-likeness (QED) is 0.217. The summed E-state index contributed by atoms with van der Waals surface area (Å²) in [5.41, 5.74) is 12.1. The van der Waals surface area contributed by atoms with Gasteiger partial charge >= 0.3 is 0 Å². The van der Waals surface area contributed by atoms with Gasteiger partial charge in [-0.2, -0.15) is 0 Å². The first-order chi connectivity index (χ1) is 19.5. The molecule has 8 rings (SSSR count). The summed E-state index contributed by atoms with van der Waals surface area (Å²) >= 11 is 0. The lowest BCUT2D eigenvalue weighted by atomic mass is 9.83. The summed E-state index contributed by atoms with van der Waals surface area (Å²) in [6, 6.07) is 47.3. The molecule has 0 fully saturated rings. The van der Waals surface area contributed by atoms with E-state index in [9.17, 15) is 0 Å². The third-order valence-electron chi connectivity index (χ3n) is 8.80. The maximum atomic E-state index is 2.54. The molecule has 0 aliphatic heterocycles. The van der Waals surface area contributed by atoms with E-state index in [0.717, 1.165) is 0 Å². The average molecular weight is 514 g/mol. The summed E-state index contributed by atoms with van der Waals surface area (Å²) in [5.74, 6) is 0.225. The Labute approximate surface area is 235 Å². The van der Waals surface area contributed by atoms with Gasteiger partial charge in [0, 0.05) is 27.6 Å². The van der Waals surface area contributed by atoms with E-state index in [2.05, 4.69) is 153 Å². The zero-order chi connectivity index (χ0) is 27.0. The molecular weight excluding hydrogens is 482 g/mol. The van der Waals surface area contributed by atoms with Crippen LogP contribution in [0.2, 0.25) is 0 Å². The first-order valence-corrected chi connectivity index (χ1v) is 14.3. The van der Waals surface area contributed by atoms with Crippen LogP contribution in [0, 0.1) is 0 Å². The fraction of sp³-hybridized carbons (Fsp3) is 0.128. The van der Waals surface area contributed by atoms with E-state index in [4.69, 9.17) is 0 Å². The average Bonchev–Trinajstić information content (AvgIpc) is 3.49. The normalized spacial score (nSPS) is 14.6. The SMILES string of the molecule is CC(C)(C)c1ccc(-n2c3ccccc3c3ccc4c(c32)-c2ccccc2C4c2ccccc2)c2ccccc12. The van der Waals surface area contributed by atoms with Crippen LogP contribution in [0.15, 0.2) is 127 Å². The van der Waals surface area contributed by atoms with E-state index in [0.29, 0.717) is 0 Å². The molecule has 1 heteroatoms. The molecule has 1 heterocycles. The van der Waals surface area contributed by atoms with Crippen LogP contribution in [0.25, 0.3) is 49.4 Å². The van der Waals surface area contributed by atoms with Gasteiger partial charge in [0.2, 0.25) is 0 Å². The van der Waals surface area contributed by atoms with Crippen molar-refractivity contribution < 1.29 is 0 Å². The van der Waals surface area contributed by atoms with Gasteiger partial charge in [-0.1, -0.05) is 136 Å². The van der Waals surface area contributed by atoms with Crippen LogP contribution >= 0.6 is 0 Å². The number of aromatic nitrogens is 1. The number of para-hydroxylation sites is 1. The molecule has 0 N–H and O–H groups in total. The monoisotopic (exact) mass is 513 g/mol. The molecule has 0 saturated carbocycles. The topological polar surface area (TPSA) is 4.93 Å². The van der Waals surface area contributed by atoms with E-state index in [1.165, 1.54) is 71.6 Å². The molecule has 1 aliphatic rings. The van der Waals surface area contributed by atoms with Crippen LogP contribution in [0.3, 0.4) is 0 Å². The molecular formula is C39H31N. The summed E-state index contributed by atoms with van der Waals surface area (Å²) in [4.78, 5) is 0. The van der Waals surface area contributed by atoms with Crippen molar-refractivity contribution in [2.75, 3.05) is 0 Å². The van der Waals surface area contributed by atoms with Crippen molar-refractivity contribution in [1.82, 2.24) is 4.57 Å². The molecule has 0 amide bonds. The maximum absolute atomic E-state index is 2.54. The van der Waals surface area contributed by atoms with Gasteiger partial charge in [-0.3, -0.25) is 0 Å². The van der Waals surface area contributed by atoms with Crippen molar-refractivity contribution in [2.45, 2.75) is 32.1 Å². The van der Waals surface area contributed by atoms with Gasteiger partial charge in [0.15, 0.2) is 0 Å². The first kappa shape index (κ1) is 23.3. The molecule has 1 atom stereocenters. The zero-order valence-corrected chi connectivity index (χ0v) is 23.1. The van der Waals surface area contributed by atoms with Crippen LogP contribution < -0.4 is 0 Å². The van der Waals surface area contributed by atoms with E-state index in [1.807, 2.05) is 0 Å².